The quantitative estimate of drug-likeness (QED) is 0.0366. The van der Waals surface area contributed by atoms with Crippen molar-refractivity contribution in [1.82, 2.24) is 0 Å². The van der Waals surface area contributed by atoms with Gasteiger partial charge in [0.2, 0.25) is 0 Å². The number of rotatable bonds is 18. The molecule has 6 rings (SSSR count). The Kier molecular flexibility index (Phi) is 12.9. The average molecular weight is 763 g/mol. The number of carbonyl (C=O) groups is 4. The van der Waals surface area contributed by atoms with Crippen molar-refractivity contribution in [3.8, 4) is 11.5 Å². The van der Waals surface area contributed by atoms with E-state index in [0.29, 0.717) is 37.2 Å². The summed E-state index contributed by atoms with van der Waals surface area (Å²) in [5, 5.41) is 7.21. The molecule has 0 aliphatic carbocycles. The highest BCUT2D eigenvalue weighted by Gasteiger charge is 2.22. The first-order chi connectivity index (χ1) is 27.8. The molecule has 0 amide bonds. The van der Waals surface area contributed by atoms with Gasteiger partial charge in [-0.1, -0.05) is 99.1 Å². The number of carbonyl (C=O) groups excluding carboxylic acids is 4. The number of fused-ring (bicyclic) bond motifs is 4. The van der Waals surface area contributed by atoms with Crippen molar-refractivity contribution in [2.24, 2.45) is 0 Å². The molecule has 0 N–H and O–H groups in total. The predicted octanol–water partition coefficient (Wildman–Crippen LogP) is 9.18. The van der Waals surface area contributed by atoms with Crippen LogP contribution in [0.25, 0.3) is 43.1 Å². The van der Waals surface area contributed by atoms with Crippen LogP contribution in [0.2, 0.25) is 0 Å². The van der Waals surface area contributed by atoms with Gasteiger partial charge >= 0.3 is 23.9 Å². The van der Waals surface area contributed by atoms with Gasteiger partial charge in [-0.05, 0) is 66.7 Å². The molecular weight excluding hydrogens is 721 g/mol. The Morgan fingerprint density at radius 2 is 0.667 bits per heavy atom. The third kappa shape index (κ3) is 8.79. The zero-order valence-corrected chi connectivity index (χ0v) is 31.6. The van der Waals surface area contributed by atoms with E-state index in [9.17, 15) is 19.2 Å². The molecule has 0 fully saturated rings. The van der Waals surface area contributed by atoms with E-state index in [4.69, 9.17) is 23.7 Å². The number of esters is 4. The molecule has 0 saturated carbocycles. The zero-order chi connectivity index (χ0) is 40.3. The summed E-state index contributed by atoms with van der Waals surface area (Å²) in [6, 6.07) is 27.6. The number of hydrogen-bond acceptors (Lipinski definition) is 9. The normalized spacial score (nSPS) is 10.9. The number of hydrogen-bond donors (Lipinski definition) is 0. The van der Waals surface area contributed by atoms with Gasteiger partial charge in [-0.2, -0.15) is 0 Å². The highest BCUT2D eigenvalue weighted by molar-refractivity contribution is 6.10. The SMILES string of the molecule is C=CC(=O)OCCc1c2ccccc2c(CCOC(=O)C=C)c2c(Oc3cccc4c(CCOC(=O)C=C)c5ccccc5c(CCOC(=O)C=C)c34)cccc12. The van der Waals surface area contributed by atoms with Crippen LogP contribution in [-0.4, -0.2) is 50.3 Å². The minimum Gasteiger partial charge on any atom is -0.462 e. The largest absolute Gasteiger partial charge is 0.462 e. The number of benzene rings is 6. The zero-order valence-electron chi connectivity index (χ0n) is 31.6. The van der Waals surface area contributed by atoms with Crippen molar-refractivity contribution in [3.05, 3.63) is 158 Å². The molecule has 0 radical (unpaired) electrons. The molecule has 57 heavy (non-hydrogen) atoms. The second-order valence-corrected chi connectivity index (χ2v) is 13.0. The van der Waals surface area contributed by atoms with Crippen molar-refractivity contribution in [1.29, 1.82) is 0 Å². The minimum absolute atomic E-state index is 0.0994. The van der Waals surface area contributed by atoms with E-state index in [1.165, 1.54) is 0 Å². The van der Waals surface area contributed by atoms with Gasteiger partial charge in [0.25, 0.3) is 0 Å². The molecule has 0 atom stereocenters. The van der Waals surface area contributed by atoms with Crippen LogP contribution >= 0.6 is 0 Å². The molecule has 0 aromatic heterocycles. The second kappa shape index (κ2) is 18.6. The molecule has 9 heteroatoms. The fourth-order valence-corrected chi connectivity index (χ4v) is 7.36. The van der Waals surface area contributed by atoms with E-state index in [2.05, 4.69) is 26.3 Å². The van der Waals surface area contributed by atoms with Crippen LogP contribution in [0.5, 0.6) is 11.5 Å². The Labute approximate surface area is 330 Å². The summed E-state index contributed by atoms with van der Waals surface area (Å²) in [6.07, 6.45) is 6.12. The smallest absolute Gasteiger partial charge is 0.330 e. The van der Waals surface area contributed by atoms with Crippen LogP contribution in [0.1, 0.15) is 22.3 Å². The first-order valence-corrected chi connectivity index (χ1v) is 18.5. The molecular formula is C48H42O9. The fourth-order valence-electron chi connectivity index (χ4n) is 7.36. The van der Waals surface area contributed by atoms with E-state index < -0.39 is 23.9 Å². The maximum Gasteiger partial charge on any atom is 0.330 e. The van der Waals surface area contributed by atoms with E-state index in [1.807, 2.05) is 84.9 Å². The molecule has 0 aliphatic heterocycles. The highest BCUT2D eigenvalue weighted by atomic mass is 16.5. The summed E-state index contributed by atoms with van der Waals surface area (Å²) in [7, 11) is 0. The van der Waals surface area contributed by atoms with E-state index in [1.54, 1.807) is 0 Å². The Balaban J connectivity index is 1.58. The molecule has 288 valence electrons. The summed E-state index contributed by atoms with van der Waals surface area (Å²) in [4.78, 5) is 48.3. The van der Waals surface area contributed by atoms with E-state index >= 15 is 0 Å². The van der Waals surface area contributed by atoms with Crippen molar-refractivity contribution in [2.45, 2.75) is 25.7 Å². The average Bonchev–Trinajstić information content (AvgIpc) is 3.24. The Bertz CT molecular complexity index is 2390. The summed E-state index contributed by atoms with van der Waals surface area (Å²) in [5.74, 6) is -0.956. The lowest BCUT2D eigenvalue weighted by molar-refractivity contribution is -0.138. The van der Waals surface area contributed by atoms with Crippen molar-refractivity contribution < 1.29 is 42.9 Å². The predicted molar refractivity (Wildman–Crippen MR) is 222 cm³/mol. The monoisotopic (exact) mass is 762 g/mol. The van der Waals surface area contributed by atoms with E-state index in [-0.39, 0.29) is 26.4 Å². The Morgan fingerprint density at radius 1 is 0.386 bits per heavy atom. The van der Waals surface area contributed by atoms with Gasteiger partial charge in [0, 0.05) is 60.8 Å². The van der Waals surface area contributed by atoms with Gasteiger partial charge in [0.15, 0.2) is 0 Å². The van der Waals surface area contributed by atoms with Crippen LogP contribution in [-0.2, 0) is 63.8 Å². The minimum atomic E-state index is -0.523. The molecule has 0 unspecified atom stereocenters. The Morgan fingerprint density at radius 3 is 0.982 bits per heavy atom. The lowest BCUT2D eigenvalue weighted by Gasteiger charge is -2.22. The first-order valence-electron chi connectivity index (χ1n) is 18.5. The van der Waals surface area contributed by atoms with Crippen LogP contribution < -0.4 is 4.74 Å². The van der Waals surface area contributed by atoms with Crippen LogP contribution in [0.4, 0.5) is 0 Å². The molecule has 0 saturated heterocycles. The van der Waals surface area contributed by atoms with Gasteiger partial charge in [0.05, 0.1) is 26.4 Å². The molecule has 6 aromatic carbocycles. The molecule has 0 aliphatic rings. The fraction of sp³-hybridized carbons (Fsp3) is 0.167. The molecule has 6 aromatic rings. The summed E-state index contributed by atoms with van der Waals surface area (Å²) in [6.45, 7) is 14.6. The summed E-state index contributed by atoms with van der Waals surface area (Å²) < 4.78 is 28.9. The second-order valence-electron chi connectivity index (χ2n) is 13.0. The topological polar surface area (TPSA) is 114 Å². The van der Waals surface area contributed by atoms with Gasteiger partial charge in [-0.3, -0.25) is 0 Å². The van der Waals surface area contributed by atoms with E-state index in [0.717, 1.165) is 89.6 Å². The van der Waals surface area contributed by atoms with Crippen molar-refractivity contribution >= 4 is 67.0 Å². The van der Waals surface area contributed by atoms with Crippen LogP contribution in [0.3, 0.4) is 0 Å². The van der Waals surface area contributed by atoms with Crippen LogP contribution in [0.15, 0.2) is 136 Å². The van der Waals surface area contributed by atoms with Gasteiger partial charge in [0.1, 0.15) is 11.5 Å². The summed E-state index contributed by atoms with van der Waals surface area (Å²) in [5.41, 5.74) is 3.73. The lowest BCUT2D eigenvalue weighted by atomic mass is 9.88. The maximum atomic E-state index is 12.1. The Hall–Kier alpha value is -7.00. The maximum absolute atomic E-state index is 12.1. The van der Waals surface area contributed by atoms with Gasteiger partial charge in [-0.25, -0.2) is 19.2 Å². The van der Waals surface area contributed by atoms with Crippen molar-refractivity contribution in [2.75, 3.05) is 26.4 Å². The summed E-state index contributed by atoms with van der Waals surface area (Å²) >= 11 is 0. The number of ether oxygens (including phenoxy) is 5. The third-order valence-corrected chi connectivity index (χ3v) is 9.73. The van der Waals surface area contributed by atoms with Crippen molar-refractivity contribution in [3.63, 3.8) is 0 Å². The first kappa shape index (κ1) is 39.7. The molecule has 0 spiro atoms. The van der Waals surface area contributed by atoms with Gasteiger partial charge < -0.3 is 23.7 Å². The lowest BCUT2D eigenvalue weighted by Crippen LogP contribution is -2.09. The van der Waals surface area contributed by atoms with Crippen LogP contribution in [0, 0.1) is 0 Å². The molecule has 0 bridgehead atoms. The molecule has 9 nitrogen and oxygen atoms in total. The molecule has 0 heterocycles. The standard InChI is InChI=1S/C48H42O9/c1-5-43(49)53-27-23-35-31-15-9-11-17-33(31)39(25-29-55-45(51)7-3)47-37(35)19-13-21-41(47)57-42-22-14-20-38-36(24-28-54-44(50)6-2)32-16-10-12-18-34(32)40(48(38)42)26-30-56-46(52)8-4/h5-22H,1-4,23-30H2. The highest BCUT2D eigenvalue weighted by Crippen LogP contribution is 2.44. The van der Waals surface area contributed by atoms with Gasteiger partial charge in [-0.15, -0.1) is 0 Å². The third-order valence-electron chi connectivity index (χ3n) is 9.73.